The Hall–Kier alpha value is -3.24. The van der Waals surface area contributed by atoms with Gasteiger partial charge < -0.3 is 21.7 Å². The molecular weight excluding hydrogens is 430 g/mol. The minimum absolute atomic E-state index is 0.0963. The molecule has 0 aromatic carbocycles. The highest BCUT2D eigenvalue weighted by molar-refractivity contribution is 6.13. The zero-order chi connectivity index (χ0) is 25.3. The third kappa shape index (κ3) is 9.03. The molecule has 0 radical (unpaired) electrons. The van der Waals surface area contributed by atoms with Crippen LogP contribution in [0.1, 0.15) is 53.9 Å². The molecule has 1 unspecified atom stereocenters. The third-order valence-corrected chi connectivity index (χ3v) is 5.07. The number of carbonyl (C=O) groups is 6. The summed E-state index contributed by atoms with van der Waals surface area (Å²) in [6.45, 7) is 8.89. The van der Waals surface area contributed by atoms with Crippen LogP contribution in [0.5, 0.6) is 0 Å². The van der Waals surface area contributed by atoms with Crippen molar-refractivity contribution >= 4 is 35.4 Å². The fourth-order valence-electron chi connectivity index (χ4n) is 3.22. The Kier molecular flexibility index (Phi) is 10.2. The Morgan fingerprint density at radius 3 is 2.09 bits per heavy atom. The van der Waals surface area contributed by atoms with E-state index in [1.165, 1.54) is 0 Å². The van der Waals surface area contributed by atoms with Gasteiger partial charge in [-0.15, -0.1) is 0 Å². The molecule has 11 nitrogen and oxygen atoms in total. The van der Waals surface area contributed by atoms with Gasteiger partial charge in [-0.2, -0.15) is 0 Å². The highest BCUT2D eigenvalue weighted by atomic mass is 16.2. The number of nitrogens with one attached hydrogen (secondary N) is 3. The Morgan fingerprint density at radius 1 is 1.03 bits per heavy atom. The van der Waals surface area contributed by atoms with Gasteiger partial charge in [0.15, 0.2) is 5.78 Å². The highest BCUT2D eigenvalue weighted by Crippen LogP contribution is 2.19. The van der Waals surface area contributed by atoms with Crippen molar-refractivity contribution < 1.29 is 28.8 Å². The lowest BCUT2D eigenvalue weighted by atomic mass is 9.84. The van der Waals surface area contributed by atoms with Gasteiger partial charge in [-0.3, -0.25) is 28.9 Å². The number of amides is 6. The Morgan fingerprint density at radius 2 is 1.61 bits per heavy atom. The van der Waals surface area contributed by atoms with Crippen molar-refractivity contribution in [2.24, 2.45) is 17.1 Å². The Balaban J connectivity index is 2.77. The van der Waals surface area contributed by atoms with Crippen molar-refractivity contribution in [3.63, 3.8) is 0 Å². The standard InChI is InChI=1S/C22H35N5O6/c1-13(2)18(26-15(28)10-12-27-16(29)8-9-17(27)30)20(32)25-14(19(31)22(3,4)5)7-6-11-24-21(23)33/h8-9,13-14,18H,6-7,10-12H2,1-5H3,(H,25,32)(H,26,28)(H3,23,24,33)/t14-,18?/m0/s1. The Bertz CT molecular complexity index is 797. The van der Waals surface area contributed by atoms with E-state index in [1.807, 2.05) is 0 Å². The van der Waals surface area contributed by atoms with Gasteiger partial charge in [-0.1, -0.05) is 34.6 Å². The smallest absolute Gasteiger partial charge is 0.312 e. The van der Waals surface area contributed by atoms with Crippen LogP contribution in [0.25, 0.3) is 0 Å². The molecule has 0 fully saturated rings. The normalized spacial score (nSPS) is 15.4. The molecule has 0 spiro atoms. The maximum Gasteiger partial charge on any atom is 0.312 e. The fourth-order valence-corrected chi connectivity index (χ4v) is 3.22. The number of primary amides is 1. The van der Waals surface area contributed by atoms with Gasteiger partial charge in [0.25, 0.3) is 11.8 Å². The number of hydrogen-bond donors (Lipinski definition) is 4. The zero-order valence-corrected chi connectivity index (χ0v) is 19.9. The first-order valence-electron chi connectivity index (χ1n) is 10.9. The average Bonchev–Trinajstić information content (AvgIpc) is 3.02. The minimum atomic E-state index is -0.917. The van der Waals surface area contributed by atoms with Crippen molar-refractivity contribution in [3.05, 3.63) is 12.2 Å². The summed E-state index contributed by atoms with van der Waals surface area (Å²) in [5.41, 5.74) is 4.33. The van der Waals surface area contributed by atoms with Crippen LogP contribution in [0.15, 0.2) is 12.2 Å². The second-order valence-electron chi connectivity index (χ2n) is 9.31. The van der Waals surface area contributed by atoms with Crippen molar-refractivity contribution in [1.82, 2.24) is 20.9 Å². The lowest BCUT2D eigenvalue weighted by molar-refractivity contribution is -0.137. The largest absolute Gasteiger partial charge is 0.352 e. The summed E-state index contributed by atoms with van der Waals surface area (Å²) in [5, 5.41) is 7.81. The second-order valence-corrected chi connectivity index (χ2v) is 9.31. The summed E-state index contributed by atoms with van der Waals surface area (Å²) in [4.78, 5) is 73.2. The van der Waals surface area contributed by atoms with E-state index in [0.717, 1.165) is 17.1 Å². The maximum absolute atomic E-state index is 13.0. The van der Waals surface area contributed by atoms with Crippen LogP contribution >= 0.6 is 0 Å². The van der Waals surface area contributed by atoms with Crippen LogP contribution in [-0.2, 0) is 24.0 Å². The molecule has 0 aromatic rings. The van der Waals surface area contributed by atoms with Gasteiger partial charge in [-0.05, 0) is 18.8 Å². The van der Waals surface area contributed by atoms with Crippen LogP contribution in [-0.4, -0.2) is 65.5 Å². The third-order valence-electron chi connectivity index (χ3n) is 5.07. The SMILES string of the molecule is CC(C)C(NC(=O)CCN1C(=O)C=CC1=O)C(=O)N[C@@H](CCCNC(N)=O)C(=O)C(C)(C)C. The predicted molar refractivity (Wildman–Crippen MR) is 120 cm³/mol. The molecule has 184 valence electrons. The molecule has 0 aromatic heterocycles. The van der Waals surface area contributed by atoms with E-state index in [4.69, 9.17) is 5.73 Å². The van der Waals surface area contributed by atoms with E-state index < -0.39 is 47.2 Å². The summed E-state index contributed by atoms with van der Waals surface area (Å²) in [7, 11) is 0. The molecule has 1 heterocycles. The lowest BCUT2D eigenvalue weighted by Gasteiger charge is -2.29. The number of imide groups is 1. The second kappa shape index (κ2) is 12.1. The van der Waals surface area contributed by atoms with E-state index >= 15 is 0 Å². The summed E-state index contributed by atoms with van der Waals surface area (Å²) >= 11 is 0. The van der Waals surface area contributed by atoms with E-state index in [9.17, 15) is 28.8 Å². The number of carbonyl (C=O) groups excluding carboxylic acids is 6. The number of urea groups is 1. The molecule has 33 heavy (non-hydrogen) atoms. The van der Waals surface area contributed by atoms with Crippen LogP contribution in [0, 0.1) is 11.3 Å². The van der Waals surface area contributed by atoms with Gasteiger partial charge >= 0.3 is 6.03 Å². The number of Topliss-reactive ketones (excluding diaryl/α,β-unsaturated/α-hetero) is 1. The predicted octanol–water partition coefficient (Wildman–Crippen LogP) is -0.00920. The van der Waals surface area contributed by atoms with Gasteiger partial charge in [0, 0.05) is 37.1 Å². The van der Waals surface area contributed by atoms with Gasteiger partial charge in [0.05, 0.1) is 6.04 Å². The number of nitrogens with zero attached hydrogens (tertiary/aromatic N) is 1. The number of ketones is 1. The molecule has 2 atom stereocenters. The summed E-state index contributed by atoms with van der Waals surface area (Å²) < 4.78 is 0. The first-order valence-corrected chi connectivity index (χ1v) is 10.9. The number of hydrogen-bond acceptors (Lipinski definition) is 6. The van der Waals surface area contributed by atoms with E-state index in [0.29, 0.717) is 6.42 Å². The van der Waals surface area contributed by atoms with Crippen molar-refractivity contribution in [2.45, 2.75) is 66.0 Å². The first kappa shape index (κ1) is 27.8. The van der Waals surface area contributed by atoms with Crippen molar-refractivity contribution in [1.29, 1.82) is 0 Å². The summed E-state index contributed by atoms with van der Waals surface area (Å²) in [5.74, 6) is -2.45. The number of rotatable bonds is 12. The van der Waals surface area contributed by atoms with E-state index in [2.05, 4.69) is 16.0 Å². The highest BCUT2D eigenvalue weighted by Gasteiger charge is 2.33. The lowest BCUT2D eigenvalue weighted by Crippen LogP contribution is -2.55. The molecule has 5 N–H and O–H groups in total. The van der Waals surface area contributed by atoms with Crippen LogP contribution in [0.4, 0.5) is 4.79 Å². The summed E-state index contributed by atoms with van der Waals surface area (Å²) in [6.07, 6.45) is 2.82. The molecule has 0 saturated carbocycles. The maximum atomic E-state index is 13.0. The van der Waals surface area contributed by atoms with Gasteiger partial charge in [-0.25, -0.2) is 4.79 Å². The first-order chi connectivity index (χ1) is 15.2. The van der Waals surface area contributed by atoms with Crippen LogP contribution in [0.3, 0.4) is 0 Å². The number of nitrogens with two attached hydrogens (primary N) is 1. The molecule has 11 heteroatoms. The molecule has 1 aliphatic heterocycles. The van der Waals surface area contributed by atoms with Gasteiger partial charge in [0.1, 0.15) is 6.04 Å². The summed E-state index contributed by atoms with van der Waals surface area (Å²) in [6, 6.07) is -2.40. The zero-order valence-electron chi connectivity index (χ0n) is 19.9. The average molecular weight is 466 g/mol. The Labute approximate surface area is 193 Å². The molecule has 0 saturated heterocycles. The minimum Gasteiger partial charge on any atom is -0.352 e. The van der Waals surface area contributed by atoms with Gasteiger partial charge in [0.2, 0.25) is 11.8 Å². The molecule has 0 aliphatic carbocycles. The van der Waals surface area contributed by atoms with E-state index in [1.54, 1.807) is 34.6 Å². The monoisotopic (exact) mass is 465 g/mol. The fraction of sp³-hybridized carbons (Fsp3) is 0.636. The molecule has 0 bridgehead atoms. The quantitative estimate of drug-likeness (QED) is 0.233. The van der Waals surface area contributed by atoms with Crippen molar-refractivity contribution in [3.8, 4) is 0 Å². The van der Waals surface area contributed by atoms with E-state index in [-0.39, 0.29) is 37.6 Å². The molecule has 6 amide bonds. The van der Waals surface area contributed by atoms with Crippen molar-refractivity contribution in [2.75, 3.05) is 13.1 Å². The molecule has 1 aliphatic rings. The molecule has 1 rings (SSSR count). The van der Waals surface area contributed by atoms with Crippen LogP contribution in [0.2, 0.25) is 0 Å². The topological polar surface area (TPSA) is 168 Å². The molecular formula is C22H35N5O6. The van der Waals surface area contributed by atoms with Crippen LogP contribution < -0.4 is 21.7 Å².